The van der Waals surface area contributed by atoms with E-state index in [1.807, 2.05) is 13.8 Å². The molecule has 3 aliphatic rings. The number of carbonyl (C=O) groups is 3. The van der Waals surface area contributed by atoms with E-state index in [1.165, 1.54) is 24.3 Å². The first-order chi connectivity index (χ1) is 19.2. The van der Waals surface area contributed by atoms with Gasteiger partial charge in [0.25, 0.3) is 5.91 Å². The van der Waals surface area contributed by atoms with Crippen LogP contribution in [-0.2, 0) is 22.6 Å². The number of likely N-dealkylation sites (tertiary alicyclic amines) is 1. The Morgan fingerprint density at radius 2 is 1.77 bits per heavy atom. The molecular formula is C31H38FN5O3. The van der Waals surface area contributed by atoms with E-state index in [1.54, 1.807) is 0 Å². The van der Waals surface area contributed by atoms with Crippen molar-refractivity contribution in [3.63, 3.8) is 0 Å². The van der Waals surface area contributed by atoms with Gasteiger partial charge in [-0.05, 0) is 100 Å². The van der Waals surface area contributed by atoms with Crippen molar-refractivity contribution in [1.29, 1.82) is 0 Å². The molecule has 0 unspecified atom stereocenters. The van der Waals surface area contributed by atoms with E-state index in [4.69, 9.17) is 5.73 Å². The Bertz CT molecular complexity index is 1300. The van der Waals surface area contributed by atoms with Gasteiger partial charge in [0.1, 0.15) is 11.7 Å². The molecule has 3 N–H and O–H groups in total. The molecule has 1 atom stereocenters. The first-order valence-corrected chi connectivity index (χ1v) is 14.3. The zero-order chi connectivity index (χ0) is 28.4. The lowest BCUT2D eigenvalue weighted by atomic mass is 9.84. The Morgan fingerprint density at radius 1 is 1.05 bits per heavy atom. The van der Waals surface area contributed by atoms with Gasteiger partial charge in [-0.2, -0.15) is 4.99 Å². The van der Waals surface area contributed by atoms with Crippen LogP contribution in [0.25, 0.3) is 0 Å². The monoisotopic (exact) mass is 547 g/mol. The molecule has 2 aromatic rings. The average Bonchev–Trinajstić information content (AvgIpc) is 3.53. The lowest BCUT2D eigenvalue weighted by Crippen LogP contribution is -2.44. The summed E-state index contributed by atoms with van der Waals surface area (Å²) in [4.78, 5) is 46.5. The van der Waals surface area contributed by atoms with Gasteiger partial charge in [0, 0.05) is 42.2 Å². The second kappa shape index (κ2) is 11.9. The smallest absolute Gasteiger partial charge is 0.278 e. The maximum atomic E-state index is 13.4. The lowest BCUT2D eigenvalue weighted by molar-refractivity contribution is -0.126. The zero-order valence-electron chi connectivity index (χ0n) is 23.2. The number of hydrogen-bond acceptors (Lipinski definition) is 4. The number of rotatable bonds is 7. The number of nitrogens with two attached hydrogens (primary N) is 1. The second-order valence-electron chi connectivity index (χ2n) is 11.5. The largest absolute Gasteiger partial charge is 0.368 e. The molecule has 2 fully saturated rings. The minimum atomic E-state index is -0.403. The molecule has 0 radical (unpaired) electrons. The third-order valence-electron chi connectivity index (χ3n) is 8.30. The van der Waals surface area contributed by atoms with Crippen LogP contribution in [-0.4, -0.2) is 53.1 Å². The summed E-state index contributed by atoms with van der Waals surface area (Å²) in [6.45, 7) is 5.39. The fraction of sp³-hybridized carbons (Fsp3) is 0.484. The molecule has 0 spiro atoms. The van der Waals surface area contributed by atoms with Crippen LogP contribution in [0.5, 0.6) is 0 Å². The third-order valence-corrected chi connectivity index (χ3v) is 8.30. The number of amides is 3. The Hall–Kier alpha value is -3.59. The van der Waals surface area contributed by atoms with Crippen LogP contribution in [0.1, 0.15) is 73.9 Å². The molecule has 0 bridgehead atoms. The van der Waals surface area contributed by atoms with Crippen molar-refractivity contribution in [2.75, 3.05) is 11.4 Å². The van der Waals surface area contributed by atoms with E-state index < -0.39 is 11.7 Å². The van der Waals surface area contributed by atoms with Crippen molar-refractivity contribution in [1.82, 2.24) is 10.2 Å². The second-order valence-corrected chi connectivity index (χ2v) is 11.5. The Morgan fingerprint density at radius 3 is 2.45 bits per heavy atom. The number of primary amides is 1. The molecule has 40 heavy (non-hydrogen) atoms. The molecule has 2 aromatic carbocycles. The number of benzene rings is 2. The van der Waals surface area contributed by atoms with Crippen molar-refractivity contribution < 1.29 is 18.8 Å². The molecule has 1 aliphatic carbocycles. The van der Waals surface area contributed by atoms with Gasteiger partial charge in [0.15, 0.2) is 0 Å². The van der Waals surface area contributed by atoms with E-state index in [0.29, 0.717) is 24.4 Å². The third kappa shape index (κ3) is 6.09. The van der Waals surface area contributed by atoms with E-state index in [9.17, 15) is 18.8 Å². The normalized spacial score (nSPS) is 23.9. The summed E-state index contributed by atoms with van der Waals surface area (Å²) in [5.74, 6) is -0.331. The predicted molar refractivity (Wildman–Crippen MR) is 152 cm³/mol. The molecule has 1 saturated heterocycles. The van der Waals surface area contributed by atoms with Crippen molar-refractivity contribution in [2.45, 2.75) is 83.5 Å². The summed E-state index contributed by atoms with van der Waals surface area (Å²) < 4.78 is 13.4. The van der Waals surface area contributed by atoms with Gasteiger partial charge >= 0.3 is 0 Å². The summed E-state index contributed by atoms with van der Waals surface area (Å²) in [6, 6.07) is 11.7. The van der Waals surface area contributed by atoms with E-state index in [2.05, 4.69) is 38.3 Å². The topological polar surface area (TPSA) is 108 Å². The van der Waals surface area contributed by atoms with Crippen molar-refractivity contribution >= 4 is 29.2 Å². The Balaban J connectivity index is 1.41. The molecule has 0 aromatic heterocycles. The van der Waals surface area contributed by atoms with Crippen LogP contribution in [0, 0.1) is 11.7 Å². The standard InChI is InChI=1S/C31H38FN5O3/c1-19(2)34-30(39)22-9-13-25(14-10-22)37-27-16-20(18-36-15-3-4-26(36)29(33)38)5-6-23(27)17-28(37)35-31(40)21-7-11-24(32)12-8-21/h5-8,11-12,16,19,22,25-26H,3-4,9-10,13-15,17-18H2,1-2H3,(H2,33,38)(H,34,39)/t22?,25?,26-/m0/s1. The highest BCUT2D eigenvalue weighted by Gasteiger charge is 2.37. The first kappa shape index (κ1) is 28.0. The van der Waals surface area contributed by atoms with Crippen LogP contribution in [0.4, 0.5) is 10.1 Å². The molecule has 3 amide bonds. The van der Waals surface area contributed by atoms with Gasteiger partial charge in [0.2, 0.25) is 11.8 Å². The SMILES string of the molecule is CC(C)NC(=O)C1CCC(N2C(=NC(=O)c3ccc(F)cc3)Cc3ccc(CN4CCC[C@H]4C(N)=O)cc32)CC1. The Labute approximate surface area is 234 Å². The highest BCUT2D eigenvalue weighted by Crippen LogP contribution is 2.38. The van der Waals surface area contributed by atoms with E-state index in [0.717, 1.165) is 61.9 Å². The van der Waals surface area contributed by atoms with Gasteiger partial charge in [-0.25, -0.2) is 4.39 Å². The number of nitrogens with one attached hydrogen (secondary N) is 1. The minimum Gasteiger partial charge on any atom is -0.368 e. The minimum absolute atomic E-state index is 0.0193. The number of nitrogens with zero attached hydrogens (tertiary/aromatic N) is 3. The van der Waals surface area contributed by atoms with E-state index >= 15 is 0 Å². The van der Waals surface area contributed by atoms with Crippen molar-refractivity contribution in [3.05, 3.63) is 65.0 Å². The predicted octanol–water partition coefficient (Wildman–Crippen LogP) is 3.96. The van der Waals surface area contributed by atoms with Gasteiger partial charge in [-0.3, -0.25) is 19.3 Å². The summed E-state index contributed by atoms with van der Waals surface area (Å²) in [7, 11) is 0. The summed E-state index contributed by atoms with van der Waals surface area (Å²) >= 11 is 0. The van der Waals surface area contributed by atoms with Gasteiger partial charge in [0.05, 0.1) is 6.04 Å². The highest BCUT2D eigenvalue weighted by atomic mass is 19.1. The number of aliphatic imine (C=N–C) groups is 1. The van der Waals surface area contributed by atoms with Gasteiger partial charge in [-0.15, -0.1) is 0 Å². The highest BCUT2D eigenvalue weighted by molar-refractivity contribution is 6.12. The number of halogens is 1. The molecule has 8 nitrogen and oxygen atoms in total. The molecule has 212 valence electrons. The lowest BCUT2D eigenvalue weighted by Gasteiger charge is -2.36. The average molecular weight is 548 g/mol. The van der Waals surface area contributed by atoms with E-state index in [-0.39, 0.29) is 35.9 Å². The molecule has 2 heterocycles. The van der Waals surface area contributed by atoms with Gasteiger partial charge in [-0.1, -0.05) is 12.1 Å². The number of fused-ring (bicyclic) bond motifs is 1. The van der Waals surface area contributed by atoms with Crippen LogP contribution < -0.4 is 16.0 Å². The Kier molecular flexibility index (Phi) is 8.30. The maximum absolute atomic E-state index is 13.4. The number of amidine groups is 1. The number of hydrogen-bond donors (Lipinski definition) is 2. The van der Waals surface area contributed by atoms with Crippen LogP contribution in [0.15, 0.2) is 47.5 Å². The quantitative estimate of drug-likeness (QED) is 0.546. The summed E-state index contributed by atoms with van der Waals surface area (Å²) in [5.41, 5.74) is 9.17. The molecule has 9 heteroatoms. The summed E-state index contributed by atoms with van der Waals surface area (Å²) in [5, 5.41) is 3.04. The number of anilines is 1. The van der Waals surface area contributed by atoms with Crippen molar-refractivity contribution in [3.8, 4) is 0 Å². The number of carbonyl (C=O) groups excluding carboxylic acids is 3. The maximum Gasteiger partial charge on any atom is 0.278 e. The first-order valence-electron chi connectivity index (χ1n) is 14.3. The fourth-order valence-corrected chi connectivity index (χ4v) is 6.32. The zero-order valence-corrected chi connectivity index (χ0v) is 23.2. The molecular weight excluding hydrogens is 509 g/mol. The van der Waals surface area contributed by atoms with Crippen LogP contribution >= 0.6 is 0 Å². The van der Waals surface area contributed by atoms with Crippen LogP contribution in [0.2, 0.25) is 0 Å². The molecule has 5 rings (SSSR count). The van der Waals surface area contributed by atoms with Crippen molar-refractivity contribution in [2.24, 2.45) is 16.6 Å². The molecule has 2 aliphatic heterocycles. The van der Waals surface area contributed by atoms with Gasteiger partial charge < -0.3 is 16.0 Å². The summed E-state index contributed by atoms with van der Waals surface area (Å²) in [6.07, 6.45) is 5.38. The molecule has 1 saturated carbocycles. The fourth-order valence-electron chi connectivity index (χ4n) is 6.32. The van der Waals surface area contributed by atoms with Crippen LogP contribution in [0.3, 0.4) is 0 Å².